The predicted molar refractivity (Wildman–Crippen MR) is 101 cm³/mol. The number of pyridine rings is 1. The van der Waals surface area contributed by atoms with Gasteiger partial charge in [-0.15, -0.1) is 12.4 Å². The third-order valence-electron chi connectivity index (χ3n) is 4.21. The molecule has 1 fully saturated rings. The number of nitrogens with two attached hydrogens (primary N) is 1. The zero-order valence-electron chi connectivity index (χ0n) is 13.9. The molecule has 1 atom stereocenters. The number of aryl methyl sites for hydroxylation is 1. The number of para-hydroxylation sites is 1. The molecule has 2 heterocycles. The molecule has 2 amide bonds. The van der Waals surface area contributed by atoms with E-state index in [2.05, 4.69) is 17.2 Å². The molecule has 0 saturated carbocycles. The van der Waals surface area contributed by atoms with Crippen molar-refractivity contribution in [3.05, 3.63) is 48.2 Å². The Kier molecular flexibility index (Phi) is 5.98. The average Bonchev–Trinajstić information content (AvgIpc) is 2.98. The molecule has 0 bridgehead atoms. The first-order valence-corrected chi connectivity index (χ1v) is 7.99. The number of rotatable bonds is 4. The molecule has 1 aliphatic rings. The van der Waals surface area contributed by atoms with E-state index in [1.54, 1.807) is 17.0 Å². The molecule has 2 aromatic rings. The monoisotopic (exact) mass is 360 g/mol. The predicted octanol–water partition coefficient (Wildman–Crippen LogP) is 2.64. The number of hydrogen-bond acceptors (Lipinski definition) is 4. The second-order valence-corrected chi connectivity index (χ2v) is 5.85. The summed E-state index contributed by atoms with van der Waals surface area (Å²) in [5.41, 5.74) is 8.11. The molecular formula is C18H21ClN4O2. The van der Waals surface area contributed by atoms with Crippen LogP contribution in [0, 0.1) is 5.92 Å². The van der Waals surface area contributed by atoms with Gasteiger partial charge >= 0.3 is 0 Å². The summed E-state index contributed by atoms with van der Waals surface area (Å²) in [4.78, 5) is 30.5. The van der Waals surface area contributed by atoms with E-state index in [4.69, 9.17) is 5.73 Å². The van der Waals surface area contributed by atoms with Gasteiger partial charge in [0.2, 0.25) is 11.8 Å². The van der Waals surface area contributed by atoms with Crippen LogP contribution in [0.1, 0.15) is 18.9 Å². The molecule has 0 aliphatic carbocycles. The van der Waals surface area contributed by atoms with Gasteiger partial charge in [-0.2, -0.15) is 0 Å². The Balaban J connectivity index is 0.00000225. The third kappa shape index (κ3) is 4.09. The maximum atomic E-state index is 12.4. The van der Waals surface area contributed by atoms with E-state index >= 15 is 0 Å². The lowest BCUT2D eigenvalue weighted by Gasteiger charge is -2.20. The van der Waals surface area contributed by atoms with Gasteiger partial charge in [0.25, 0.3) is 0 Å². The SMILES string of the molecule is CCc1ccccc1N1CC(C(=O)Nc2ccc(N)nc2)CC1=O.Cl. The first-order valence-electron chi connectivity index (χ1n) is 7.99. The lowest BCUT2D eigenvalue weighted by molar-refractivity contribution is -0.122. The van der Waals surface area contributed by atoms with E-state index in [1.807, 2.05) is 24.3 Å². The Hall–Kier alpha value is -2.60. The number of amides is 2. The minimum absolute atomic E-state index is 0. The van der Waals surface area contributed by atoms with Crippen LogP contribution in [0.4, 0.5) is 17.2 Å². The summed E-state index contributed by atoms with van der Waals surface area (Å²) in [6, 6.07) is 11.1. The molecule has 132 valence electrons. The highest BCUT2D eigenvalue weighted by Gasteiger charge is 2.35. The van der Waals surface area contributed by atoms with Gasteiger partial charge in [-0.05, 0) is 30.2 Å². The fourth-order valence-electron chi connectivity index (χ4n) is 2.91. The summed E-state index contributed by atoms with van der Waals surface area (Å²) in [5, 5.41) is 2.80. The van der Waals surface area contributed by atoms with E-state index in [1.165, 1.54) is 6.20 Å². The number of aromatic nitrogens is 1. The largest absolute Gasteiger partial charge is 0.384 e. The Labute approximate surface area is 152 Å². The van der Waals surface area contributed by atoms with E-state index in [0.717, 1.165) is 17.7 Å². The summed E-state index contributed by atoms with van der Waals surface area (Å²) in [5.74, 6) is -0.177. The van der Waals surface area contributed by atoms with Crippen molar-refractivity contribution in [2.24, 2.45) is 5.92 Å². The lowest BCUT2D eigenvalue weighted by atomic mass is 10.1. The Morgan fingerprint density at radius 3 is 2.76 bits per heavy atom. The number of hydrogen-bond donors (Lipinski definition) is 2. The van der Waals surface area contributed by atoms with Crippen LogP contribution in [0.2, 0.25) is 0 Å². The Bertz CT molecular complexity index is 764. The van der Waals surface area contributed by atoms with Gasteiger partial charge in [0.1, 0.15) is 5.82 Å². The van der Waals surface area contributed by atoms with E-state index in [9.17, 15) is 9.59 Å². The van der Waals surface area contributed by atoms with Crippen LogP contribution in [-0.2, 0) is 16.0 Å². The van der Waals surface area contributed by atoms with Crippen molar-refractivity contribution < 1.29 is 9.59 Å². The summed E-state index contributed by atoms with van der Waals surface area (Å²) in [7, 11) is 0. The van der Waals surface area contributed by atoms with Crippen molar-refractivity contribution in [2.75, 3.05) is 22.5 Å². The van der Waals surface area contributed by atoms with Crippen LogP contribution in [0.15, 0.2) is 42.6 Å². The van der Waals surface area contributed by atoms with Crippen molar-refractivity contribution >= 4 is 41.4 Å². The Morgan fingerprint density at radius 1 is 1.32 bits per heavy atom. The minimum atomic E-state index is -0.375. The molecule has 1 saturated heterocycles. The summed E-state index contributed by atoms with van der Waals surface area (Å²) in [6.45, 7) is 2.45. The van der Waals surface area contributed by atoms with Gasteiger partial charge in [-0.25, -0.2) is 4.98 Å². The molecule has 0 radical (unpaired) electrons. The number of carbonyl (C=O) groups is 2. The van der Waals surface area contributed by atoms with E-state index in [0.29, 0.717) is 18.1 Å². The number of benzene rings is 1. The van der Waals surface area contributed by atoms with Crippen LogP contribution in [0.5, 0.6) is 0 Å². The van der Waals surface area contributed by atoms with Gasteiger partial charge in [-0.1, -0.05) is 25.1 Å². The van der Waals surface area contributed by atoms with Crippen molar-refractivity contribution in [3.8, 4) is 0 Å². The van der Waals surface area contributed by atoms with Crippen LogP contribution in [-0.4, -0.2) is 23.3 Å². The zero-order valence-corrected chi connectivity index (χ0v) is 14.8. The van der Waals surface area contributed by atoms with Crippen molar-refractivity contribution in [1.82, 2.24) is 4.98 Å². The molecular weight excluding hydrogens is 340 g/mol. The standard InChI is InChI=1S/C18H20N4O2.ClH/c1-2-12-5-3-4-6-15(12)22-11-13(9-17(22)23)18(24)21-14-7-8-16(19)20-10-14;/h3-8,10,13H,2,9,11H2,1H3,(H2,19,20)(H,21,24);1H. The smallest absolute Gasteiger partial charge is 0.229 e. The second-order valence-electron chi connectivity index (χ2n) is 5.85. The fraction of sp³-hybridized carbons (Fsp3) is 0.278. The summed E-state index contributed by atoms with van der Waals surface area (Å²) < 4.78 is 0. The quantitative estimate of drug-likeness (QED) is 0.877. The number of halogens is 1. The number of nitrogens with one attached hydrogen (secondary N) is 1. The molecule has 1 aromatic carbocycles. The molecule has 3 N–H and O–H groups in total. The average molecular weight is 361 g/mol. The van der Waals surface area contributed by atoms with Gasteiger partial charge in [0.15, 0.2) is 0 Å². The maximum Gasteiger partial charge on any atom is 0.229 e. The van der Waals surface area contributed by atoms with Gasteiger partial charge in [-0.3, -0.25) is 9.59 Å². The molecule has 6 nitrogen and oxygen atoms in total. The van der Waals surface area contributed by atoms with Crippen LogP contribution in [0.25, 0.3) is 0 Å². The second kappa shape index (κ2) is 7.98. The Morgan fingerprint density at radius 2 is 2.08 bits per heavy atom. The number of anilines is 3. The van der Waals surface area contributed by atoms with Crippen molar-refractivity contribution in [1.29, 1.82) is 0 Å². The molecule has 1 unspecified atom stereocenters. The maximum absolute atomic E-state index is 12.4. The molecule has 1 aromatic heterocycles. The first-order chi connectivity index (χ1) is 11.6. The first kappa shape index (κ1) is 18.7. The highest BCUT2D eigenvalue weighted by Crippen LogP contribution is 2.29. The van der Waals surface area contributed by atoms with E-state index < -0.39 is 0 Å². The lowest BCUT2D eigenvalue weighted by Crippen LogP contribution is -2.28. The highest BCUT2D eigenvalue weighted by molar-refractivity contribution is 6.03. The fourth-order valence-corrected chi connectivity index (χ4v) is 2.91. The van der Waals surface area contributed by atoms with Crippen LogP contribution < -0.4 is 16.0 Å². The number of nitrogen functional groups attached to an aromatic ring is 1. The van der Waals surface area contributed by atoms with Gasteiger partial charge in [0.05, 0.1) is 17.8 Å². The molecule has 7 heteroatoms. The van der Waals surface area contributed by atoms with Gasteiger partial charge < -0.3 is 16.0 Å². The molecule has 0 spiro atoms. The molecule has 1 aliphatic heterocycles. The highest BCUT2D eigenvalue weighted by atomic mass is 35.5. The summed E-state index contributed by atoms with van der Waals surface area (Å²) >= 11 is 0. The zero-order chi connectivity index (χ0) is 17.1. The normalized spacial score (nSPS) is 16.4. The van der Waals surface area contributed by atoms with Crippen LogP contribution in [0.3, 0.4) is 0 Å². The molecule has 25 heavy (non-hydrogen) atoms. The van der Waals surface area contributed by atoms with Gasteiger partial charge in [0, 0.05) is 18.7 Å². The topological polar surface area (TPSA) is 88.3 Å². The summed E-state index contributed by atoms with van der Waals surface area (Å²) in [6.07, 6.45) is 2.56. The number of carbonyl (C=O) groups excluding carboxylic acids is 2. The minimum Gasteiger partial charge on any atom is -0.384 e. The third-order valence-corrected chi connectivity index (χ3v) is 4.21. The van der Waals surface area contributed by atoms with Crippen LogP contribution >= 0.6 is 12.4 Å². The number of nitrogens with zero attached hydrogens (tertiary/aromatic N) is 2. The van der Waals surface area contributed by atoms with Crippen molar-refractivity contribution in [2.45, 2.75) is 19.8 Å². The van der Waals surface area contributed by atoms with E-state index in [-0.39, 0.29) is 36.6 Å². The molecule has 3 rings (SSSR count). The van der Waals surface area contributed by atoms with Crippen molar-refractivity contribution in [3.63, 3.8) is 0 Å².